The molecule has 2 aromatic rings. The standard InChI is InChI=1S/C11H9NO3S2.2K/c13-9(16)5-6(11(14)17)10-12-7-3-1-2-4-8(7)15-10;;/h1-4,6H,5H2,(H,13,16)(H,14,17);;/q;2*+1/p-2. The van der Waals surface area contributed by atoms with Gasteiger partial charge in [0.15, 0.2) is 5.58 Å². The Morgan fingerprint density at radius 2 is 1.84 bits per heavy atom. The van der Waals surface area contributed by atoms with Crippen LogP contribution in [-0.2, 0) is 34.8 Å². The van der Waals surface area contributed by atoms with Gasteiger partial charge in [-0.05, 0) is 12.1 Å². The summed E-state index contributed by atoms with van der Waals surface area (Å²) in [5, 5.41) is -1.12. The Balaban J connectivity index is 0.00000162. The summed E-state index contributed by atoms with van der Waals surface area (Å²) in [5.41, 5.74) is 1.18. The first-order valence-corrected chi connectivity index (χ1v) is 5.65. The minimum absolute atomic E-state index is 0. The topological polar surface area (TPSA) is 60.2 Å². The van der Waals surface area contributed by atoms with E-state index in [0.717, 1.165) is 0 Å². The minimum Gasteiger partial charge on any atom is -0.742 e. The largest absolute Gasteiger partial charge is 1.00 e. The first-order chi connectivity index (χ1) is 8.08. The quantitative estimate of drug-likeness (QED) is 0.412. The molecule has 1 aromatic carbocycles. The van der Waals surface area contributed by atoms with Crippen LogP contribution in [0.2, 0.25) is 0 Å². The Morgan fingerprint density at radius 3 is 2.37 bits per heavy atom. The number of oxazole rings is 1. The molecule has 4 nitrogen and oxygen atoms in total. The monoisotopic (exact) mass is 343 g/mol. The van der Waals surface area contributed by atoms with E-state index in [0.29, 0.717) is 11.1 Å². The van der Waals surface area contributed by atoms with Crippen molar-refractivity contribution in [1.82, 2.24) is 4.98 Å². The molecular weight excluding hydrogens is 336 g/mol. The van der Waals surface area contributed by atoms with E-state index in [9.17, 15) is 9.59 Å². The zero-order chi connectivity index (χ0) is 12.4. The fraction of sp³-hybridized carbons (Fsp3) is 0.182. The summed E-state index contributed by atoms with van der Waals surface area (Å²) >= 11 is 9.02. The van der Waals surface area contributed by atoms with E-state index < -0.39 is 16.1 Å². The summed E-state index contributed by atoms with van der Waals surface area (Å²) in [6.45, 7) is 0. The summed E-state index contributed by atoms with van der Waals surface area (Å²) < 4.78 is 5.40. The number of nitrogens with zero attached hydrogens (tertiary/aromatic N) is 1. The van der Waals surface area contributed by atoms with Crippen LogP contribution in [0.15, 0.2) is 28.7 Å². The Labute approximate surface area is 206 Å². The van der Waals surface area contributed by atoms with E-state index in [4.69, 9.17) is 4.42 Å². The molecule has 1 atom stereocenters. The van der Waals surface area contributed by atoms with Crippen LogP contribution in [0, 0.1) is 0 Å². The van der Waals surface area contributed by atoms with E-state index in [1.807, 2.05) is 0 Å². The van der Waals surface area contributed by atoms with Crippen LogP contribution in [0.3, 0.4) is 0 Å². The molecule has 0 radical (unpaired) electrons. The second-order valence-electron chi connectivity index (χ2n) is 3.47. The average Bonchev–Trinajstić information content (AvgIpc) is 2.68. The Kier molecular flexibility index (Phi) is 10.6. The number of aromatic nitrogens is 1. The first-order valence-electron chi connectivity index (χ1n) is 4.84. The molecule has 1 aromatic heterocycles. The predicted molar refractivity (Wildman–Crippen MR) is 66.1 cm³/mol. The van der Waals surface area contributed by atoms with Gasteiger partial charge in [0.2, 0.25) is 5.89 Å². The zero-order valence-electron chi connectivity index (χ0n) is 10.6. The van der Waals surface area contributed by atoms with Crippen molar-refractivity contribution in [3.8, 4) is 0 Å². The number of hydrogen-bond donors (Lipinski definition) is 0. The number of benzene rings is 1. The maximum Gasteiger partial charge on any atom is 1.00 e. The Morgan fingerprint density at radius 1 is 1.21 bits per heavy atom. The predicted octanol–water partition coefficient (Wildman–Crippen LogP) is -4.54. The molecule has 0 saturated carbocycles. The van der Waals surface area contributed by atoms with Gasteiger partial charge in [-0.25, -0.2) is 4.98 Å². The van der Waals surface area contributed by atoms with Crippen molar-refractivity contribution in [3.63, 3.8) is 0 Å². The summed E-state index contributed by atoms with van der Waals surface area (Å²) in [6.07, 6.45) is -0.148. The minimum atomic E-state index is -0.859. The second kappa shape index (κ2) is 9.70. The SMILES string of the molecule is O=C([S-])CC(C(=O)[S-])c1nc2ccccc2o1.[K+].[K+]. The van der Waals surface area contributed by atoms with Crippen LogP contribution < -0.4 is 103 Å². The Hall–Kier alpha value is 1.74. The van der Waals surface area contributed by atoms with Gasteiger partial charge in [-0.15, -0.1) is 0 Å². The van der Waals surface area contributed by atoms with Gasteiger partial charge < -0.3 is 39.3 Å². The number of carbonyl (C=O) groups is 2. The third-order valence-corrected chi connectivity index (χ3v) is 2.72. The van der Waals surface area contributed by atoms with Crippen molar-refractivity contribution in [1.29, 1.82) is 0 Å². The molecule has 88 valence electrons. The number of fused-ring (bicyclic) bond motifs is 1. The molecule has 0 amide bonds. The van der Waals surface area contributed by atoms with Crippen molar-refractivity contribution in [2.45, 2.75) is 12.3 Å². The van der Waals surface area contributed by atoms with Gasteiger partial charge >= 0.3 is 103 Å². The first kappa shape index (κ1) is 20.7. The van der Waals surface area contributed by atoms with Crippen LogP contribution in [0.4, 0.5) is 0 Å². The van der Waals surface area contributed by atoms with E-state index in [-0.39, 0.29) is 115 Å². The van der Waals surface area contributed by atoms with Gasteiger partial charge in [0, 0.05) is 16.7 Å². The van der Waals surface area contributed by atoms with Crippen molar-refractivity contribution >= 4 is 46.6 Å². The van der Waals surface area contributed by atoms with Crippen LogP contribution in [0.5, 0.6) is 0 Å². The van der Waals surface area contributed by atoms with E-state index >= 15 is 0 Å². The van der Waals surface area contributed by atoms with Crippen LogP contribution in [-0.4, -0.2) is 15.2 Å². The molecule has 0 aliphatic rings. The number of hydrogen-bond acceptors (Lipinski definition) is 6. The van der Waals surface area contributed by atoms with Gasteiger partial charge in [-0.2, -0.15) is 0 Å². The molecular formula is C11H7K2NO3S2. The van der Waals surface area contributed by atoms with Crippen molar-refractivity contribution in [2.75, 3.05) is 0 Å². The van der Waals surface area contributed by atoms with Crippen LogP contribution >= 0.6 is 0 Å². The summed E-state index contributed by atoms with van der Waals surface area (Å²) in [6, 6.07) is 7.08. The average molecular weight is 344 g/mol. The molecule has 1 unspecified atom stereocenters. The fourth-order valence-corrected chi connectivity index (χ4v) is 1.83. The number of carbonyl (C=O) groups excluding carboxylic acids is 2. The van der Waals surface area contributed by atoms with Crippen LogP contribution in [0.1, 0.15) is 18.2 Å². The molecule has 0 spiro atoms. The third kappa shape index (κ3) is 5.80. The number of para-hydroxylation sites is 2. The van der Waals surface area contributed by atoms with E-state index in [2.05, 4.69) is 30.2 Å². The molecule has 0 aliphatic heterocycles. The van der Waals surface area contributed by atoms with Crippen molar-refractivity contribution in [3.05, 3.63) is 30.2 Å². The van der Waals surface area contributed by atoms with Crippen molar-refractivity contribution < 1.29 is 117 Å². The van der Waals surface area contributed by atoms with Crippen LogP contribution in [0.25, 0.3) is 11.1 Å². The van der Waals surface area contributed by atoms with E-state index in [1.165, 1.54) is 0 Å². The molecule has 1 heterocycles. The second-order valence-corrected chi connectivity index (χ2v) is 4.33. The maximum absolute atomic E-state index is 11.3. The van der Waals surface area contributed by atoms with Gasteiger partial charge in [-0.3, -0.25) is 0 Å². The summed E-state index contributed by atoms with van der Waals surface area (Å²) in [4.78, 5) is 26.3. The Bertz CT molecular complexity index is 555. The third-order valence-electron chi connectivity index (χ3n) is 2.26. The molecule has 0 fully saturated rings. The number of rotatable bonds is 4. The zero-order valence-corrected chi connectivity index (χ0v) is 18.5. The van der Waals surface area contributed by atoms with Gasteiger partial charge in [0.25, 0.3) is 0 Å². The molecule has 0 N–H and O–H groups in total. The molecule has 0 bridgehead atoms. The smallest absolute Gasteiger partial charge is 0.742 e. The van der Waals surface area contributed by atoms with Gasteiger partial charge in [-0.1, -0.05) is 12.1 Å². The fourth-order valence-electron chi connectivity index (χ4n) is 1.48. The molecule has 0 saturated heterocycles. The van der Waals surface area contributed by atoms with Gasteiger partial charge in [0.1, 0.15) is 5.52 Å². The van der Waals surface area contributed by atoms with Crippen molar-refractivity contribution in [2.24, 2.45) is 0 Å². The van der Waals surface area contributed by atoms with Gasteiger partial charge in [0.05, 0.1) is 5.92 Å². The molecule has 2 rings (SSSR count). The maximum atomic E-state index is 11.3. The molecule has 0 aliphatic carbocycles. The molecule has 19 heavy (non-hydrogen) atoms. The summed E-state index contributed by atoms with van der Waals surface area (Å²) in [5.74, 6) is -0.702. The normalized spacial score (nSPS) is 11.2. The summed E-state index contributed by atoms with van der Waals surface area (Å²) in [7, 11) is 0. The molecule has 8 heteroatoms. The van der Waals surface area contributed by atoms with E-state index in [1.54, 1.807) is 24.3 Å².